The minimum absolute atomic E-state index is 0.0673. The predicted molar refractivity (Wildman–Crippen MR) is 162 cm³/mol. The highest BCUT2D eigenvalue weighted by molar-refractivity contribution is 6.35. The Morgan fingerprint density at radius 2 is 1.75 bits per heavy atom. The number of piperidine rings is 1. The van der Waals surface area contributed by atoms with Gasteiger partial charge >= 0.3 is 12.6 Å². The minimum atomic E-state index is -3.05. The second-order valence-corrected chi connectivity index (χ2v) is 11.8. The second kappa shape index (κ2) is 15.1. The van der Waals surface area contributed by atoms with Crippen LogP contribution >= 0.6 is 23.2 Å². The lowest BCUT2D eigenvalue weighted by Crippen LogP contribution is -2.33. The van der Waals surface area contributed by atoms with Gasteiger partial charge in [0.05, 0.1) is 17.2 Å². The van der Waals surface area contributed by atoms with Gasteiger partial charge in [-0.3, -0.25) is 9.69 Å². The number of carbonyl (C=O) groups excluding carboxylic acids is 1. The molecular weight excluding hydrogens is 617 g/mol. The van der Waals surface area contributed by atoms with Gasteiger partial charge in [0.15, 0.2) is 11.5 Å². The van der Waals surface area contributed by atoms with Gasteiger partial charge in [-0.1, -0.05) is 35.7 Å². The highest BCUT2D eigenvalue weighted by Gasteiger charge is 2.26. The van der Waals surface area contributed by atoms with E-state index in [4.69, 9.17) is 37.4 Å². The summed E-state index contributed by atoms with van der Waals surface area (Å²) in [6, 6.07) is 10.9. The average Bonchev–Trinajstić information content (AvgIpc) is 3.85. The molecule has 236 valence electrons. The number of esters is 1. The first kappa shape index (κ1) is 32.1. The van der Waals surface area contributed by atoms with Crippen LogP contribution in [0.1, 0.15) is 59.7 Å². The summed E-state index contributed by atoms with van der Waals surface area (Å²) < 4.78 is 48.5. The molecule has 2 aromatic carbocycles. The normalized spacial score (nSPS) is 16.0. The summed E-state index contributed by atoms with van der Waals surface area (Å²) in [5.41, 5.74) is 0.391. The number of nitrogens with one attached hydrogen (secondary N) is 1. The maximum atomic E-state index is 13.3. The third-order valence-electron chi connectivity index (χ3n) is 7.66. The lowest BCUT2D eigenvalue weighted by molar-refractivity contribution is -0.0515. The first-order chi connectivity index (χ1) is 21.3. The van der Waals surface area contributed by atoms with Gasteiger partial charge in [-0.2, -0.15) is 8.78 Å². The number of rotatable bonds is 14. The summed E-state index contributed by atoms with van der Waals surface area (Å²) in [6.45, 7) is 0.833. The van der Waals surface area contributed by atoms with E-state index >= 15 is 0 Å². The number of benzene rings is 2. The van der Waals surface area contributed by atoms with Crippen LogP contribution in [0, 0.1) is 5.92 Å². The number of pyridine rings is 1. The summed E-state index contributed by atoms with van der Waals surface area (Å²) in [6.07, 6.45) is 5.90. The van der Waals surface area contributed by atoms with Gasteiger partial charge < -0.3 is 23.9 Å². The molecule has 2 heterocycles. The zero-order chi connectivity index (χ0) is 31.1. The Balaban J connectivity index is 1.34. The van der Waals surface area contributed by atoms with Crippen molar-refractivity contribution >= 4 is 29.2 Å². The molecule has 1 saturated carbocycles. The van der Waals surface area contributed by atoms with E-state index in [0.29, 0.717) is 30.4 Å². The van der Waals surface area contributed by atoms with Crippen molar-refractivity contribution in [3.63, 3.8) is 0 Å². The standard InChI is InChI=1S/C32H34Cl2F2N2O6/c33-25-18-37-30(39)29(34)24(25)17-27(22-8-11-26(44-32(35)36)28(16-22)42-19-20-4-5-20)43-31(40)21-6-9-23(10-7-21)41-15-14-38-12-2-1-3-13-38/h6-11,16,18,20,27,32H,1-5,12-15,17,19H2,(H,37,39). The molecule has 0 spiro atoms. The van der Waals surface area contributed by atoms with Crippen LogP contribution in [0.25, 0.3) is 0 Å². The van der Waals surface area contributed by atoms with E-state index in [2.05, 4.69) is 14.6 Å². The number of hydrogen-bond donors (Lipinski definition) is 1. The maximum Gasteiger partial charge on any atom is 0.387 e. The SMILES string of the molecule is O=C(OC(Cc1c(Cl)c[nH]c(=O)c1Cl)c1ccc(OC(F)F)c(OCC2CC2)c1)c1ccc(OCCN2CCCCC2)cc1. The van der Waals surface area contributed by atoms with Crippen LogP contribution < -0.4 is 19.8 Å². The molecule has 12 heteroatoms. The molecule has 0 bridgehead atoms. The molecular formula is C32H34Cl2F2N2O6. The van der Waals surface area contributed by atoms with Crippen molar-refractivity contribution in [2.75, 3.05) is 32.8 Å². The fraction of sp³-hybridized carbons (Fsp3) is 0.438. The molecule has 3 aromatic rings. The molecule has 5 rings (SSSR count). The van der Waals surface area contributed by atoms with E-state index in [1.807, 2.05) is 0 Å². The zero-order valence-electron chi connectivity index (χ0n) is 24.0. The van der Waals surface area contributed by atoms with E-state index in [1.165, 1.54) is 43.7 Å². The Hall–Kier alpha value is -3.34. The molecule has 1 unspecified atom stereocenters. The number of halogens is 4. The Labute approximate surface area is 264 Å². The van der Waals surface area contributed by atoms with Crippen LogP contribution in [0.4, 0.5) is 8.78 Å². The Kier molecular flexibility index (Phi) is 11.0. The van der Waals surface area contributed by atoms with Crippen molar-refractivity contribution in [1.82, 2.24) is 9.88 Å². The average molecular weight is 652 g/mol. The minimum Gasteiger partial charge on any atom is -0.492 e. The van der Waals surface area contributed by atoms with Crippen LogP contribution in [0.15, 0.2) is 53.5 Å². The Morgan fingerprint density at radius 1 is 1.00 bits per heavy atom. The van der Waals surface area contributed by atoms with Gasteiger partial charge in [-0.25, -0.2) is 4.79 Å². The van der Waals surface area contributed by atoms with Crippen LogP contribution in [0.3, 0.4) is 0 Å². The summed E-state index contributed by atoms with van der Waals surface area (Å²) in [4.78, 5) is 30.4. The number of carbonyl (C=O) groups is 1. The molecule has 2 aliphatic rings. The Morgan fingerprint density at radius 3 is 2.45 bits per heavy atom. The Bertz CT molecular complexity index is 1480. The smallest absolute Gasteiger partial charge is 0.387 e. The number of hydrogen-bond acceptors (Lipinski definition) is 7. The molecule has 0 amide bonds. The third kappa shape index (κ3) is 8.86. The van der Waals surface area contributed by atoms with E-state index in [0.717, 1.165) is 32.5 Å². The van der Waals surface area contributed by atoms with E-state index in [9.17, 15) is 18.4 Å². The van der Waals surface area contributed by atoms with Crippen molar-refractivity contribution in [2.24, 2.45) is 5.92 Å². The largest absolute Gasteiger partial charge is 0.492 e. The van der Waals surface area contributed by atoms with Gasteiger partial charge in [-0.05, 0) is 86.7 Å². The molecule has 0 radical (unpaired) electrons. The zero-order valence-corrected chi connectivity index (χ0v) is 25.5. The topological polar surface area (TPSA) is 90.1 Å². The van der Waals surface area contributed by atoms with Crippen LogP contribution in [-0.2, 0) is 11.2 Å². The first-order valence-corrected chi connectivity index (χ1v) is 15.5. The number of alkyl halides is 2. The van der Waals surface area contributed by atoms with Gasteiger partial charge in [0.1, 0.15) is 23.5 Å². The van der Waals surface area contributed by atoms with Crippen LogP contribution in [0.2, 0.25) is 10.0 Å². The number of H-pyrrole nitrogens is 1. The molecule has 1 aliphatic carbocycles. The molecule has 2 fully saturated rings. The molecule has 1 aromatic heterocycles. The van der Waals surface area contributed by atoms with Crippen LogP contribution in [0.5, 0.6) is 17.2 Å². The summed E-state index contributed by atoms with van der Waals surface area (Å²) >= 11 is 12.6. The number of aromatic nitrogens is 1. The summed E-state index contributed by atoms with van der Waals surface area (Å²) in [5, 5.41) is 0.0250. The number of aromatic amines is 1. The fourth-order valence-electron chi connectivity index (χ4n) is 5.00. The van der Waals surface area contributed by atoms with E-state index < -0.39 is 24.2 Å². The monoisotopic (exact) mass is 650 g/mol. The second-order valence-electron chi connectivity index (χ2n) is 11.0. The first-order valence-electron chi connectivity index (χ1n) is 14.7. The van der Waals surface area contributed by atoms with E-state index in [1.54, 1.807) is 24.3 Å². The molecule has 1 atom stereocenters. The van der Waals surface area contributed by atoms with E-state index in [-0.39, 0.29) is 39.1 Å². The quantitative estimate of drug-likeness (QED) is 0.187. The van der Waals surface area contributed by atoms with Gasteiger partial charge in [0.2, 0.25) is 0 Å². The molecule has 1 N–H and O–H groups in total. The van der Waals surface area contributed by atoms with Crippen molar-refractivity contribution < 1.29 is 32.5 Å². The van der Waals surface area contributed by atoms with Crippen molar-refractivity contribution in [3.8, 4) is 17.2 Å². The van der Waals surface area contributed by atoms with Gasteiger partial charge in [0, 0.05) is 24.7 Å². The van der Waals surface area contributed by atoms with Crippen molar-refractivity contribution in [1.29, 1.82) is 0 Å². The fourth-order valence-corrected chi connectivity index (χ4v) is 5.51. The molecule has 44 heavy (non-hydrogen) atoms. The van der Waals surface area contributed by atoms with Crippen LogP contribution in [-0.4, -0.2) is 55.3 Å². The molecule has 1 aliphatic heterocycles. The number of nitrogens with zero attached hydrogens (tertiary/aromatic N) is 1. The van der Waals surface area contributed by atoms with Gasteiger partial charge in [-0.15, -0.1) is 0 Å². The predicted octanol–water partition coefficient (Wildman–Crippen LogP) is 7.08. The van der Waals surface area contributed by atoms with Gasteiger partial charge in [0.25, 0.3) is 5.56 Å². The number of ether oxygens (including phenoxy) is 4. The molecule has 1 saturated heterocycles. The maximum absolute atomic E-state index is 13.3. The molecule has 8 nitrogen and oxygen atoms in total. The lowest BCUT2D eigenvalue weighted by atomic mass is 10.0. The number of likely N-dealkylation sites (tertiary alicyclic amines) is 1. The highest BCUT2D eigenvalue weighted by Crippen LogP contribution is 2.38. The van der Waals surface area contributed by atoms with Crippen molar-refractivity contribution in [3.05, 3.63) is 85.8 Å². The van der Waals surface area contributed by atoms with Crippen molar-refractivity contribution in [2.45, 2.75) is 51.2 Å². The third-order valence-corrected chi connectivity index (χ3v) is 8.40. The summed E-state index contributed by atoms with van der Waals surface area (Å²) in [5.74, 6) is 0.268. The lowest BCUT2D eigenvalue weighted by Gasteiger charge is -2.26. The summed E-state index contributed by atoms with van der Waals surface area (Å²) in [7, 11) is 0. The highest BCUT2D eigenvalue weighted by atomic mass is 35.5.